The monoisotopic (exact) mass is 438 g/mol. The highest BCUT2D eigenvalue weighted by Gasteiger charge is 2.41. The third kappa shape index (κ3) is 6.22. The molecule has 0 heterocycles. The van der Waals surface area contributed by atoms with Crippen molar-refractivity contribution >= 4 is 11.6 Å². The molecule has 0 spiro atoms. The average Bonchev–Trinajstić information content (AvgIpc) is 2.81. The number of allylic oxidation sites excluding steroid dienone is 1. The summed E-state index contributed by atoms with van der Waals surface area (Å²) in [5.41, 5.74) is 2.97. The Bertz CT molecular complexity index is 792. The molecule has 0 bridgehead atoms. The van der Waals surface area contributed by atoms with E-state index in [9.17, 15) is 0 Å². The van der Waals surface area contributed by atoms with Crippen molar-refractivity contribution in [2.75, 3.05) is 26.7 Å². The van der Waals surface area contributed by atoms with Crippen molar-refractivity contribution in [3.63, 3.8) is 0 Å². The van der Waals surface area contributed by atoms with Crippen molar-refractivity contribution in [3.8, 4) is 0 Å². The fourth-order valence-electron chi connectivity index (χ4n) is 5.18. The summed E-state index contributed by atoms with van der Waals surface area (Å²) in [4.78, 5) is 5.31. The molecule has 0 saturated heterocycles. The molecule has 3 rings (SSSR count). The topological polar surface area (TPSA) is 6.48 Å². The van der Waals surface area contributed by atoms with Crippen LogP contribution in [0, 0.1) is 0 Å². The molecule has 0 aromatic heterocycles. The molecular formula is C28H39ClN2. The van der Waals surface area contributed by atoms with Gasteiger partial charge in [0.1, 0.15) is 0 Å². The normalized spacial score (nSPS) is 21.9. The van der Waals surface area contributed by atoms with E-state index in [1.807, 2.05) is 0 Å². The predicted octanol–water partition coefficient (Wildman–Crippen LogP) is 6.94. The Morgan fingerprint density at radius 1 is 1.00 bits per heavy atom. The van der Waals surface area contributed by atoms with Crippen LogP contribution in [0.5, 0.6) is 0 Å². The van der Waals surface area contributed by atoms with Crippen LogP contribution in [0.25, 0.3) is 0 Å². The number of halogens is 1. The summed E-state index contributed by atoms with van der Waals surface area (Å²) < 4.78 is 0. The second-order valence-corrected chi connectivity index (χ2v) is 9.44. The van der Waals surface area contributed by atoms with Crippen molar-refractivity contribution in [1.29, 1.82) is 0 Å². The summed E-state index contributed by atoms with van der Waals surface area (Å²) >= 11 is 6.24. The Kier molecular flexibility index (Phi) is 9.19. The molecule has 0 atom stereocenters. The van der Waals surface area contributed by atoms with Gasteiger partial charge < -0.3 is 4.90 Å². The highest BCUT2D eigenvalue weighted by molar-refractivity contribution is 6.30. The van der Waals surface area contributed by atoms with Crippen LogP contribution in [-0.4, -0.2) is 42.5 Å². The highest BCUT2D eigenvalue weighted by Crippen LogP contribution is 2.43. The van der Waals surface area contributed by atoms with Gasteiger partial charge in [0.25, 0.3) is 0 Å². The van der Waals surface area contributed by atoms with E-state index in [0.29, 0.717) is 6.04 Å². The Balaban J connectivity index is 1.73. The first-order valence-electron chi connectivity index (χ1n) is 12.0. The number of hydrogen-bond acceptors (Lipinski definition) is 2. The lowest BCUT2D eigenvalue weighted by Gasteiger charge is -2.49. The highest BCUT2D eigenvalue weighted by atomic mass is 35.5. The standard InChI is InChI=1S/C28H39ClN2/c1-4-6-22-31(21-5-2)28(25-12-14-26(29)15-13-25)19-16-27(17-20-28)30(3)23-18-24-10-8-7-9-11-24/h4,6-15,27H,5,16-23H2,1-3H3. The summed E-state index contributed by atoms with van der Waals surface area (Å²) in [7, 11) is 2.31. The van der Waals surface area contributed by atoms with Crippen LogP contribution >= 0.6 is 11.6 Å². The third-order valence-electron chi connectivity index (χ3n) is 7.04. The average molecular weight is 439 g/mol. The van der Waals surface area contributed by atoms with Gasteiger partial charge in [-0.15, -0.1) is 0 Å². The summed E-state index contributed by atoms with van der Waals surface area (Å²) in [6, 6.07) is 20.2. The molecular weight excluding hydrogens is 400 g/mol. The minimum atomic E-state index is 0.108. The molecule has 31 heavy (non-hydrogen) atoms. The molecule has 0 unspecified atom stereocenters. The summed E-state index contributed by atoms with van der Waals surface area (Å²) in [5, 5.41) is 0.823. The number of rotatable bonds is 10. The summed E-state index contributed by atoms with van der Waals surface area (Å²) in [5.74, 6) is 0. The molecule has 0 amide bonds. The van der Waals surface area contributed by atoms with Gasteiger partial charge in [-0.2, -0.15) is 0 Å². The van der Waals surface area contributed by atoms with E-state index >= 15 is 0 Å². The molecule has 3 heteroatoms. The third-order valence-corrected chi connectivity index (χ3v) is 7.30. The second-order valence-electron chi connectivity index (χ2n) is 9.00. The van der Waals surface area contributed by atoms with Crippen molar-refractivity contribution in [1.82, 2.24) is 9.80 Å². The van der Waals surface area contributed by atoms with Gasteiger partial charge in [-0.1, -0.05) is 73.1 Å². The Morgan fingerprint density at radius 3 is 2.29 bits per heavy atom. The molecule has 1 aliphatic carbocycles. The fraction of sp³-hybridized carbons (Fsp3) is 0.500. The van der Waals surface area contributed by atoms with Crippen molar-refractivity contribution in [2.24, 2.45) is 0 Å². The number of likely N-dealkylation sites (N-methyl/N-ethyl adjacent to an activating group) is 1. The van der Waals surface area contributed by atoms with E-state index in [4.69, 9.17) is 11.6 Å². The molecule has 1 aliphatic rings. The van der Waals surface area contributed by atoms with E-state index < -0.39 is 0 Å². The number of nitrogens with zero attached hydrogens (tertiary/aromatic N) is 2. The quantitative estimate of drug-likeness (QED) is 0.370. The SMILES string of the molecule is CC=CCN(CCC)C1(c2ccc(Cl)cc2)CCC(N(C)CCc2ccccc2)CC1. The number of benzene rings is 2. The minimum Gasteiger partial charge on any atom is -0.303 e. The zero-order chi connectivity index (χ0) is 22.1. The maximum Gasteiger partial charge on any atom is 0.0465 e. The van der Waals surface area contributed by atoms with E-state index in [2.05, 4.69) is 97.4 Å². The lowest BCUT2D eigenvalue weighted by Crippen LogP contribution is -2.51. The zero-order valence-corrected chi connectivity index (χ0v) is 20.3. The van der Waals surface area contributed by atoms with E-state index in [1.165, 1.54) is 43.2 Å². The van der Waals surface area contributed by atoms with Crippen molar-refractivity contribution < 1.29 is 0 Å². The zero-order valence-electron chi connectivity index (χ0n) is 19.6. The number of hydrogen-bond donors (Lipinski definition) is 0. The van der Waals surface area contributed by atoms with Gasteiger partial charge >= 0.3 is 0 Å². The molecule has 2 nitrogen and oxygen atoms in total. The van der Waals surface area contributed by atoms with Crippen molar-refractivity contribution in [2.45, 2.75) is 64.0 Å². The molecule has 0 radical (unpaired) electrons. The van der Waals surface area contributed by atoms with Gasteiger partial charge in [-0.25, -0.2) is 0 Å². The van der Waals surface area contributed by atoms with E-state index in [0.717, 1.165) is 31.1 Å². The maximum absolute atomic E-state index is 6.24. The largest absolute Gasteiger partial charge is 0.303 e. The van der Waals surface area contributed by atoms with Gasteiger partial charge in [-0.3, -0.25) is 4.90 Å². The van der Waals surface area contributed by atoms with Crippen LogP contribution in [-0.2, 0) is 12.0 Å². The minimum absolute atomic E-state index is 0.108. The van der Waals surface area contributed by atoms with E-state index in [1.54, 1.807) is 0 Å². The Morgan fingerprint density at radius 2 is 1.68 bits per heavy atom. The molecule has 1 saturated carbocycles. The van der Waals surface area contributed by atoms with Crippen molar-refractivity contribution in [3.05, 3.63) is 82.9 Å². The van der Waals surface area contributed by atoms with Gasteiger partial charge in [0.05, 0.1) is 0 Å². The summed E-state index contributed by atoms with van der Waals surface area (Å²) in [6.45, 7) is 7.68. The molecule has 1 fully saturated rings. The van der Waals surface area contributed by atoms with Crippen LogP contribution in [0.1, 0.15) is 57.1 Å². The Labute approximate surface area is 194 Å². The van der Waals surface area contributed by atoms with Crippen LogP contribution in [0.2, 0.25) is 5.02 Å². The molecule has 168 valence electrons. The van der Waals surface area contributed by atoms with Crippen LogP contribution < -0.4 is 0 Å². The fourth-order valence-corrected chi connectivity index (χ4v) is 5.31. The Hall–Kier alpha value is -1.61. The molecule has 2 aromatic rings. The van der Waals surface area contributed by atoms with Crippen LogP contribution in [0.3, 0.4) is 0 Å². The predicted molar refractivity (Wildman–Crippen MR) is 135 cm³/mol. The first-order chi connectivity index (χ1) is 15.1. The van der Waals surface area contributed by atoms with Crippen LogP contribution in [0.4, 0.5) is 0 Å². The molecule has 0 N–H and O–H groups in total. The van der Waals surface area contributed by atoms with Gasteiger partial charge in [0, 0.05) is 29.7 Å². The lowest BCUT2D eigenvalue weighted by molar-refractivity contribution is 0.0290. The molecule has 2 aromatic carbocycles. The first-order valence-corrected chi connectivity index (χ1v) is 12.3. The van der Waals surface area contributed by atoms with Gasteiger partial charge in [0.2, 0.25) is 0 Å². The maximum atomic E-state index is 6.24. The van der Waals surface area contributed by atoms with E-state index in [-0.39, 0.29) is 5.54 Å². The van der Waals surface area contributed by atoms with Crippen LogP contribution in [0.15, 0.2) is 66.7 Å². The second kappa shape index (κ2) is 11.9. The lowest BCUT2D eigenvalue weighted by atomic mass is 9.73. The molecule has 0 aliphatic heterocycles. The van der Waals surface area contributed by atoms with Gasteiger partial charge in [0.15, 0.2) is 0 Å². The smallest absolute Gasteiger partial charge is 0.0465 e. The van der Waals surface area contributed by atoms with Gasteiger partial charge in [-0.05, 0) is 82.3 Å². The summed E-state index contributed by atoms with van der Waals surface area (Å²) in [6.07, 6.45) is 11.7. The first kappa shape index (κ1) is 24.0.